The van der Waals surface area contributed by atoms with Gasteiger partial charge in [0.1, 0.15) is 0 Å². The van der Waals surface area contributed by atoms with Crippen LogP contribution in [0.3, 0.4) is 0 Å². The maximum absolute atomic E-state index is 13.1. The van der Waals surface area contributed by atoms with Gasteiger partial charge >= 0.3 is 6.18 Å². The summed E-state index contributed by atoms with van der Waals surface area (Å²) in [7, 11) is 1.66. The van der Waals surface area contributed by atoms with Crippen molar-refractivity contribution in [2.45, 2.75) is 32.6 Å². The van der Waals surface area contributed by atoms with E-state index in [9.17, 15) is 18.0 Å². The van der Waals surface area contributed by atoms with Crippen LogP contribution >= 0.6 is 0 Å². The van der Waals surface area contributed by atoms with Crippen LogP contribution in [-0.2, 0) is 30.5 Å². The molecule has 0 aliphatic carbocycles. The number of amides is 1. The van der Waals surface area contributed by atoms with E-state index in [4.69, 9.17) is 0 Å². The normalized spacial score (nSPS) is 17.4. The number of nitrogens with one attached hydrogen (secondary N) is 1. The van der Waals surface area contributed by atoms with Gasteiger partial charge in [-0.1, -0.05) is 12.1 Å². The van der Waals surface area contributed by atoms with E-state index in [1.165, 1.54) is 17.7 Å². The van der Waals surface area contributed by atoms with E-state index < -0.39 is 11.7 Å². The molecule has 0 aromatic heterocycles. The summed E-state index contributed by atoms with van der Waals surface area (Å²) in [6.45, 7) is 5.68. The molecule has 160 valence electrons. The van der Waals surface area contributed by atoms with Gasteiger partial charge in [-0.25, -0.2) is 0 Å². The predicted molar refractivity (Wildman–Crippen MR) is 110 cm³/mol. The lowest BCUT2D eigenvalue weighted by Crippen LogP contribution is -2.52. The standard InChI is InChI=1S/C23H26F3N3O/c1-15-9-21(6-4-17(15)11-28-12-19(13-28)22(30)27-2)29-8-7-16-3-5-20(23(24,25)26)10-18(16)14-29/h3-6,9-10,19H,7-8,11-14H2,1-2H3,(H,27,30). The number of likely N-dealkylation sites (tertiary alicyclic amines) is 1. The molecule has 2 aromatic rings. The number of fused-ring (bicyclic) bond motifs is 1. The molecule has 1 fully saturated rings. The Bertz CT molecular complexity index is 951. The number of anilines is 1. The van der Waals surface area contributed by atoms with E-state index in [2.05, 4.69) is 40.2 Å². The first-order chi connectivity index (χ1) is 14.2. The Morgan fingerprint density at radius 3 is 2.57 bits per heavy atom. The monoisotopic (exact) mass is 417 g/mol. The third-order valence-electron chi connectivity index (χ3n) is 6.21. The number of nitrogens with zero attached hydrogens (tertiary/aromatic N) is 2. The Labute approximate surface area is 174 Å². The minimum atomic E-state index is -4.32. The Balaban J connectivity index is 1.43. The highest BCUT2D eigenvalue weighted by molar-refractivity contribution is 5.79. The molecule has 0 atom stereocenters. The van der Waals surface area contributed by atoms with E-state index in [0.29, 0.717) is 6.54 Å². The van der Waals surface area contributed by atoms with E-state index in [1.54, 1.807) is 13.1 Å². The predicted octanol–water partition coefficient (Wildman–Crippen LogP) is 3.75. The van der Waals surface area contributed by atoms with E-state index in [0.717, 1.165) is 55.0 Å². The van der Waals surface area contributed by atoms with Crippen LogP contribution in [0.2, 0.25) is 0 Å². The number of benzene rings is 2. The van der Waals surface area contributed by atoms with Crippen molar-refractivity contribution in [1.82, 2.24) is 10.2 Å². The molecule has 0 saturated carbocycles. The first kappa shape index (κ1) is 20.7. The highest BCUT2D eigenvalue weighted by atomic mass is 19.4. The smallest absolute Gasteiger partial charge is 0.367 e. The molecule has 4 nitrogen and oxygen atoms in total. The summed E-state index contributed by atoms with van der Waals surface area (Å²) in [5.41, 5.74) is 4.57. The second-order valence-corrected chi connectivity index (χ2v) is 8.27. The number of aryl methyl sites for hydroxylation is 1. The fourth-order valence-electron chi connectivity index (χ4n) is 4.32. The van der Waals surface area contributed by atoms with E-state index in [1.807, 2.05) is 0 Å². The van der Waals surface area contributed by atoms with Gasteiger partial charge < -0.3 is 10.2 Å². The second kappa shape index (κ2) is 7.95. The van der Waals surface area contributed by atoms with Gasteiger partial charge in [-0.2, -0.15) is 13.2 Å². The van der Waals surface area contributed by atoms with E-state index in [-0.39, 0.29) is 11.8 Å². The second-order valence-electron chi connectivity index (χ2n) is 8.27. The molecule has 1 saturated heterocycles. The number of alkyl halides is 3. The van der Waals surface area contributed by atoms with Crippen molar-refractivity contribution in [1.29, 1.82) is 0 Å². The minimum Gasteiger partial charge on any atom is -0.367 e. The van der Waals surface area contributed by atoms with Crippen LogP contribution in [0.1, 0.15) is 27.8 Å². The average molecular weight is 417 g/mol. The van der Waals surface area contributed by atoms with Crippen LogP contribution in [0.15, 0.2) is 36.4 Å². The molecule has 0 spiro atoms. The summed E-state index contributed by atoms with van der Waals surface area (Å²) >= 11 is 0. The van der Waals surface area contributed by atoms with Crippen LogP contribution < -0.4 is 10.2 Å². The summed E-state index contributed by atoms with van der Waals surface area (Å²) in [4.78, 5) is 16.0. The topological polar surface area (TPSA) is 35.6 Å². The molecule has 2 aliphatic heterocycles. The van der Waals surface area contributed by atoms with Gasteiger partial charge in [0.2, 0.25) is 5.91 Å². The van der Waals surface area contributed by atoms with Crippen molar-refractivity contribution < 1.29 is 18.0 Å². The average Bonchev–Trinajstić information content (AvgIpc) is 2.69. The summed E-state index contributed by atoms with van der Waals surface area (Å²) in [5.74, 6) is 0.168. The Hall–Kier alpha value is -2.54. The third kappa shape index (κ3) is 4.17. The van der Waals surface area contributed by atoms with Gasteiger partial charge in [-0.3, -0.25) is 9.69 Å². The molecule has 0 bridgehead atoms. The summed E-state index contributed by atoms with van der Waals surface area (Å²) < 4.78 is 39.2. The molecular weight excluding hydrogens is 391 g/mol. The van der Waals surface area contributed by atoms with Gasteiger partial charge in [0.05, 0.1) is 11.5 Å². The van der Waals surface area contributed by atoms with Gasteiger partial charge in [0, 0.05) is 45.5 Å². The van der Waals surface area contributed by atoms with E-state index >= 15 is 0 Å². The molecule has 1 N–H and O–H groups in total. The number of rotatable bonds is 4. The maximum Gasteiger partial charge on any atom is 0.416 e. The fourth-order valence-corrected chi connectivity index (χ4v) is 4.32. The molecule has 30 heavy (non-hydrogen) atoms. The van der Waals surface area contributed by atoms with Crippen molar-refractivity contribution in [3.8, 4) is 0 Å². The number of carbonyl (C=O) groups is 1. The van der Waals surface area contributed by atoms with Gasteiger partial charge in [-0.05, 0) is 59.9 Å². The number of hydrogen-bond donors (Lipinski definition) is 1. The zero-order valence-corrected chi connectivity index (χ0v) is 17.2. The summed E-state index contributed by atoms with van der Waals surface area (Å²) in [5, 5.41) is 2.69. The first-order valence-corrected chi connectivity index (χ1v) is 10.2. The Morgan fingerprint density at radius 1 is 1.13 bits per heavy atom. The number of hydrogen-bond acceptors (Lipinski definition) is 3. The van der Waals surface area contributed by atoms with Crippen LogP contribution in [0.4, 0.5) is 18.9 Å². The lowest BCUT2D eigenvalue weighted by Gasteiger charge is -2.38. The largest absolute Gasteiger partial charge is 0.416 e. The van der Waals surface area contributed by atoms with Crippen LogP contribution in [0.25, 0.3) is 0 Å². The molecular formula is C23H26F3N3O. The Kier molecular flexibility index (Phi) is 5.49. The Morgan fingerprint density at radius 2 is 1.90 bits per heavy atom. The van der Waals surface area contributed by atoms with Crippen molar-refractivity contribution >= 4 is 11.6 Å². The number of halogens is 3. The van der Waals surface area contributed by atoms with Crippen LogP contribution in [0.5, 0.6) is 0 Å². The highest BCUT2D eigenvalue weighted by Gasteiger charge is 2.33. The lowest BCUT2D eigenvalue weighted by atomic mass is 9.95. The van der Waals surface area contributed by atoms with Crippen molar-refractivity contribution in [2.24, 2.45) is 5.92 Å². The lowest BCUT2D eigenvalue weighted by molar-refractivity contribution is -0.137. The van der Waals surface area contributed by atoms with Crippen LogP contribution in [0, 0.1) is 12.8 Å². The van der Waals surface area contributed by atoms with Gasteiger partial charge in [0.25, 0.3) is 0 Å². The summed E-state index contributed by atoms with van der Waals surface area (Å²) in [6.07, 6.45) is -3.58. The van der Waals surface area contributed by atoms with Crippen LogP contribution in [-0.4, -0.2) is 37.5 Å². The van der Waals surface area contributed by atoms with Crippen molar-refractivity contribution in [3.63, 3.8) is 0 Å². The molecule has 1 amide bonds. The minimum absolute atomic E-state index is 0.0737. The SMILES string of the molecule is CNC(=O)C1CN(Cc2ccc(N3CCc4ccc(C(F)(F)F)cc4C3)cc2C)C1. The number of carbonyl (C=O) groups excluding carboxylic acids is 1. The van der Waals surface area contributed by atoms with Gasteiger partial charge in [-0.15, -0.1) is 0 Å². The molecule has 4 rings (SSSR count). The molecule has 7 heteroatoms. The molecule has 2 heterocycles. The quantitative estimate of drug-likeness (QED) is 0.823. The van der Waals surface area contributed by atoms with Crippen molar-refractivity contribution in [3.05, 3.63) is 64.2 Å². The first-order valence-electron chi connectivity index (χ1n) is 10.2. The summed E-state index contributed by atoms with van der Waals surface area (Å²) in [6, 6.07) is 10.3. The van der Waals surface area contributed by atoms with Crippen molar-refractivity contribution in [2.75, 3.05) is 31.6 Å². The molecule has 2 aromatic carbocycles. The molecule has 0 radical (unpaired) electrons. The molecule has 2 aliphatic rings. The zero-order valence-electron chi connectivity index (χ0n) is 17.2. The van der Waals surface area contributed by atoms with Gasteiger partial charge in [0.15, 0.2) is 0 Å². The highest BCUT2D eigenvalue weighted by Crippen LogP contribution is 2.33. The third-order valence-corrected chi connectivity index (χ3v) is 6.21. The maximum atomic E-state index is 13.1. The fraction of sp³-hybridized carbons (Fsp3) is 0.435. The molecule has 0 unspecified atom stereocenters. The zero-order chi connectivity index (χ0) is 21.5.